The number of hydrogen-bond acceptors (Lipinski definition) is 4. The summed E-state index contributed by atoms with van der Waals surface area (Å²) in [5.41, 5.74) is 1.94. The predicted molar refractivity (Wildman–Crippen MR) is 110 cm³/mol. The maximum Gasteiger partial charge on any atom is 0.261 e. The molecule has 28 heavy (non-hydrogen) atoms. The summed E-state index contributed by atoms with van der Waals surface area (Å²) in [5.74, 6) is 0.886. The van der Waals surface area contributed by atoms with Gasteiger partial charge in [-0.1, -0.05) is 30.3 Å². The smallest absolute Gasteiger partial charge is 0.261 e. The Morgan fingerprint density at radius 1 is 1.11 bits per heavy atom. The summed E-state index contributed by atoms with van der Waals surface area (Å²) >= 11 is 0. The van der Waals surface area contributed by atoms with Crippen molar-refractivity contribution >= 4 is 12.0 Å². The molecule has 5 heteroatoms. The molecule has 0 heterocycles. The molecule has 0 atom stereocenters. The molecule has 0 bridgehead atoms. The molecule has 0 aliphatic rings. The Kier molecular flexibility index (Phi) is 8.61. The van der Waals surface area contributed by atoms with Crippen molar-refractivity contribution in [3.8, 4) is 17.6 Å². The molecule has 0 aliphatic carbocycles. The lowest BCUT2D eigenvalue weighted by Gasteiger charge is -2.11. The van der Waals surface area contributed by atoms with E-state index in [4.69, 9.17) is 9.47 Å². The fourth-order valence-corrected chi connectivity index (χ4v) is 2.71. The minimum atomic E-state index is -0.383. The number of benzene rings is 2. The van der Waals surface area contributed by atoms with Crippen LogP contribution in [0.3, 0.4) is 0 Å². The second-order valence-corrected chi connectivity index (χ2v) is 6.08. The second kappa shape index (κ2) is 11.5. The van der Waals surface area contributed by atoms with Gasteiger partial charge in [-0.3, -0.25) is 4.79 Å². The van der Waals surface area contributed by atoms with Gasteiger partial charge in [0.25, 0.3) is 5.91 Å². The number of rotatable bonds is 10. The van der Waals surface area contributed by atoms with Crippen molar-refractivity contribution in [2.45, 2.75) is 26.7 Å². The highest BCUT2D eigenvalue weighted by molar-refractivity contribution is 6.02. The first-order chi connectivity index (χ1) is 13.7. The molecule has 0 saturated heterocycles. The van der Waals surface area contributed by atoms with Crippen molar-refractivity contribution in [2.24, 2.45) is 0 Å². The van der Waals surface area contributed by atoms with Crippen LogP contribution >= 0.6 is 0 Å². The molecule has 2 aromatic rings. The summed E-state index contributed by atoms with van der Waals surface area (Å²) in [5, 5.41) is 12.2. The van der Waals surface area contributed by atoms with Gasteiger partial charge in [-0.2, -0.15) is 5.26 Å². The number of nitrogens with zero attached hydrogens (tertiary/aromatic N) is 1. The Morgan fingerprint density at radius 2 is 1.86 bits per heavy atom. The lowest BCUT2D eigenvalue weighted by molar-refractivity contribution is -0.117. The molecule has 5 nitrogen and oxygen atoms in total. The summed E-state index contributed by atoms with van der Waals surface area (Å²) in [6, 6.07) is 17.4. The molecule has 1 amide bonds. The molecule has 0 spiro atoms. The zero-order valence-corrected chi connectivity index (χ0v) is 16.4. The summed E-state index contributed by atoms with van der Waals surface area (Å²) < 4.78 is 11.1. The monoisotopic (exact) mass is 378 g/mol. The first kappa shape index (κ1) is 21.0. The highest BCUT2D eigenvalue weighted by Gasteiger charge is 2.11. The topological polar surface area (TPSA) is 71.3 Å². The average molecular weight is 378 g/mol. The van der Waals surface area contributed by atoms with Gasteiger partial charge in [0.2, 0.25) is 0 Å². The van der Waals surface area contributed by atoms with Gasteiger partial charge in [0.1, 0.15) is 23.1 Å². The van der Waals surface area contributed by atoms with Gasteiger partial charge in [-0.15, -0.1) is 0 Å². The Balaban J connectivity index is 2.01. The molecule has 0 aliphatic heterocycles. The quantitative estimate of drug-likeness (QED) is 0.383. The lowest BCUT2D eigenvalue weighted by Crippen LogP contribution is -2.25. The number of hydrogen-bond donors (Lipinski definition) is 1. The standard InChI is InChI=1S/C23H26N2O3/c1-3-27-21-13-12-19(22(16-21)28-4-2)15-20(17-24)23(26)25-14-8-11-18-9-6-5-7-10-18/h5-7,9-10,12-13,15-16H,3-4,8,11,14H2,1-2H3,(H,25,26)/b20-15-. The molecular weight excluding hydrogens is 352 g/mol. The van der Waals surface area contributed by atoms with E-state index in [9.17, 15) is 10.1 Å². The fourth-order valence-electron chi connectivity index (χ4n) is 2.71. The number of amides is 1. The number of aryl methyl sites for hydroxylation is 1. The number of carbonyl (C=O) groups is 1. The van der Waals surface area contributed by atoms with Crippen LogP contribution in [0, 0.1) is 11.3 Å². The van der Waals surface area contributed by atoms with Crippen molar-refractivity contribution in [1.29, 1.82) is 5.26 Å². The Hall–Kier alpha value is -3.26. The van der Waals surface area contributed by atoms with Crippen LogP contribution in [0.15, 0.2) is 54.1 Å². The second-order valence-electron chi connectivity index (χ2n) is 6.08. The van der Waals surface area contributed by atoms with Crippen LogP contribution in [0.5, 0.6) is 11.5 Å². The van der Waals surface area contributed by atoms with E-state index < -0.39 is 0 Å². The largest absolute Gasteiger partial charge is 0.494 e. The molecule has 0 unspecified atom stereocenters. The molecule has 2 rings (SSSR count). The summed E-state index contributed by atoms with van der Waals surface area (Å²) in [6.45, 7) is 5.32. The van der Waals surface area contributed by atoms with E-state index >= 15 is 0 Å². The van der Waals surface area contributed by atoms with E-state index in [-0.39, 0.29) is 11.5 Å². The molecule has 0 fully saturated rings. The minimum Gasteiger partial charge on any atom is -0.494 e. The molecule has 1 N–H and O–H groups in total. The highest BCUT2D eigenvalue weighted by atomic mass is 16.5. The molecule has 146 valence electrons. The first-order valence-electron chi connectivity index (χ1n) is 9.51. The van der Waals surface area contributed by atoms with Gasteiger partial charge in [-0.25, -0.2) is 0 Å². The van der Waals surface area contributed by atoms with Gasteiger partial charge < -0.3 is 14.8 Å². The summed E-state index contributed by atoms with van der Waals surface area (Å²) in [7, 11) is 0. The van der Waals surface area contributed by atoms with Crippen LogP contribution in [0.25, 0.3) is 6.08 Å². The van der Waals surface area contributed by atoms with Gasteiger partial charge in [0.15, 0.2) is 0 Å². The van der Waals surface area contributed by atoms with Crippen molar-refractivity contribution < 1.29 is 14.3 Å². The van der Waals surface area contributed by atoms with Crippen molar-refractivity contribution in [3.05, 3.63) is 65.2 Å². The van der Waals surface area contributed by atoms with E-state index in [1.54, 1.807) is 24.3 Å². The van der Waals surface area contributed by atoms with Crippen molar-refractivity contribution in [3.63, 3.8) is 0 Å². The zero-order chi connectivity index (χ0) is 20.2. The number of ether oxygens (including phenoxy) is 2. The maximum atomic E-state index is 12.4. The van der Waals surface area contributed by atoms with Crippen molar-refractivity contribution in [1.82, 2.24) is 5.32 Å². The van der Waals surface area contributed by atoms with E-state index in [2.05, 4.69) is 17.4 Å². The SMILES string of the molecule is CCOc1ccc(/C=C(/C#N)C(=O)NCCCc2ccccc2)c(OCC)c1. The number of nitriles is 1. The van der Waals surface area contributed by atoms with Crippen LogP contribution in [0.1, 0.15) is 31.4 Å². The third-order valence-corrected chi connectivity index (χ3v) is 4.03. The molecular formula is C23H26N2O3. The molecule has 0 aromatic heterocycles. The minimum absolute atomic E-state index is 0.0461. The van der Waals surface area contributed by atoms with Crippen LogP contribution in [-0.2, 0) is 11.2 Å². The fraction of sp³-hybridized carbons (Fsp3) is 0.304. The highest BCUT2D eigenvalue weighted by Crippen LogP contribution is 2.27. The first-order valence-corrected chi connectivity index (χ1v) is 9.51. The van der Waals surface area contributed by atoms with Gasteiger partial charge in [-0.05, 0) is 50.5 Å². The van der Waals surface area contributed by atoms with Crippen LogP contribution < -0.4 is 14.8 Å². The zero-order valence-electron chi connectivity index (χ0n) is 16.4. The van der Waals surface area contributed by atoms with E-state index in [0.717, 1.165) is 12.8 Å². The molecule has 2 aromatic carbocycles. The molecule has 0 saturated carbocycles. The van der Waals surface area contributed by atoms with E-state index in [1.807, 2.05) is 38.1 Å². The Morgan fingerprint density at radius 3 is 2.54 bits per heavy atom. The molecule has 0 radical (unpaired) electrons. The van der Waals surface area contributed by atoms with Crippen LogP contribution in [-0.4, -0.2) is 25.7 Å². The third kappa shape index (κ3) is 6.48. The normalized spacial score (nSPS) is 10.8. The average Bonchev–Trinajstić information content (AvgIpc) is 2.72. The van der Waals surface area contributed by atoms with E-state index in [0.29, 0.717) is 36.8 Å². The van der Waals surface area contributed by atoms with Crippen LogP contribution in [0.4, 0.5) is 0 Å². The van der Waals surface area contributed by atoms with Crippen LogP contribution in [0.2, 0.25) is 0 Å². The summed E-state index contributed by atoms with van der Waals surface area (Å²) in [6.07, 6.45) is 3.23. The lowest BCUT2D eigenvalue weighted by atomic mass is 10.1. The Bertz CT molecular complexity index is 839. The Labute approximate surface area is 166 Å². The van der Waals surface area contributed by atoms with Crippen molar-refractivity contribution in [2.75, 3.05) is 19.8 Å². The number of nitrogens with one attached hydrogen (secondary N) is 1. The number of carbonyl (C=O) groups excluding carboxylic acids is 1. The third-order valence-electron chi connectivity index (χ3n) is 4.03. The van der Waals surface area contributed by atoms with Gasteiger partial charge in [0.05, 0.1) is 13.2 Å². The van der Waals surface area contributed by atoms with Gasteiger partial charge in [0, 0.05) is 18.2 Å². The predicted octanol–water partition coefficient (Wildman–Crippen LogP) is 4.14. The maximum absolute atomic E-state index is 12.4. The van der Waals surface area contributed by atoms with E-state index in [1.165, 1.54) is 5.56 Å². The summed E-state index contributed by atoms with van der Waals surface area (Å²) in [4.78, 5) is 12.4. The van der Waals surface area contributed by atoms with Gasteiger partial charge >= 0.3 is 0 Å².